The third-order valence-electron chi connectivity index (χ3n) is 5.57. The van der Waals surface area contributed by atoms with Gasteiger partial charge in [0.2, 0.25) is 10.0 Å². The van der Waals surface area contributed by atoms with E-state index < -0.39 is 10.0 Å². The molecule has 0 spiro atoms. The molecule has 32 heavy (non-hydrogen) atoms. The number of piperidine rings is 1. The number of furan rings is 1. The summed E-state index contributed by atoms with van der Waals surface area (Å²) in [4.78, 5) is 7.06. The lowest BCUT2D eigenvalue weighted by Gasteiger charge is -2.33. The van der Waals surface area contributed by atoms with E-state index in [4.69, 9.17) is 4.42 Å². The second-order valence-electron chi connectivity index (χ2n) is 7.83. The van der Waals surface area contributed by atoms with E-state index in [2.05, 4.69) is 20.5 Å². The summed E-state index contributed by atoms with van der Waals surface area (Å²) in [5.74, 6) is 1.55. The van der Waals surface area contributed by atoms with Crippen LogP contribution in [-0.4, -0.2) is 64.4 Å². The highest BCUT2D eigenvalue weighted by Gasteiger charge is 2.25. The van der Waals surface area contributed by atoms with E-state index in [0.29, 0.717) is 29.5 Å². The fraction of sp³-hybridized carbons (Fsp3) is 0.500. The highest BCUT2D eigenvalue weighted by atomic mass is 127. The van der Waals surface area contributed by atoms with Crippen LogP contribution < -0.4 is 10.6 Å². The van der Waals surface area contributed by atoms with Crippen molar-refractivity contribution in [3.63, 3.8) is 0 Å². The van der Waals surface area contributed by atoms with Crippen LogP contribution in [0.3, 0.4) is 0 Å². The van der Waals surface area contributed by atoms with Crippen LogP contribution >= 0.6 is 24.0 Å². The van der Waals surface area contributed by atoms with Crippen LogP contribution in [0.2, 0.25) is 0 Å². The molecule has 0 amide bonds. The Morgan fingerprint density at radius 3 is 2.47 bits per heavy atom. The van der Waals surface area contributed by atoms with Gasteiger partial charge in [0, 0.05) is 34.2 Å². The van der Waals surface area contributed by atoms with Crippen molar-refractivity contribution in [2.24, 2.45) is 4.99 Å². The molecule has 1 saturated heterocycles. The number of nitrogens with one attached hydrogen (secondary N) is 2. The molecule has 1 fully saturated rings. The molecule has 1 aliphatic heterocycles. The number of benzene rings is 1. The standard InChI is InChI=1S/C22H33N5O3S.HI/c1-23-22(24-16-18-10-5-6-12-21(18)31(28,29)26(2)3)25-17-19(20-11-9-15-30-20)27-13-7-4-8-14-27;/h5-6,9-12,15,19H,4,7-8,13-14,16-17H2,1-3H3,(H2,23,24,25);1H. The number of rotatable bonds is 8. The van der Waals surface area contributed by atoms with Crippen molar-refractivity contribution in [1.29, 1.82) is 0 Å². The van der Waals surface area contributed by atoms with Gasteiger partial charge in [-0.3, -0.25) is 9.89 Å². The number of sulfonamides is 1. The number of likely N-dealkylation sites (tertiary alicyclic amines) is 1. The third-order valence-corrected chi connectivity index (χ3v) is 7.48. The Labute approximate surface area is 208 Å². The van der Waals surface area contributed by atoms with Gasteiger partial charge in [0.05, 0.1) is 17.2 Å². The minimum Gasteiger partial charge on any atom is -0.468 e. The van der Waals surface area contributed by atoms with Crippen LogP contribution in [0.15, 0.2) is 57.0 Å². The number of hydrogen-bond donors (Lipinski definition) is 2. The average molecular weight is 576 g/mol. The van der Waals surface area contributed by atoms with Crippen LogP contribution in [-0.2, 0) is 16.6 Å². The Balaban J connectivity index is 0.00000363. The van der Waals surface area contributed by atoms with E-state index in [0.717, 1.165) is 18.8 Å². The molecule has 10 heteroatoms. The smallest absolute Gasteiger partial charge is 0.242 e. The Morgan fingerprint density at radius 1 is 1.12 bits per heavy atom. The summed E-state index contributed by atoms with van der Waals surface area (Å²) >= 11 is 0. The van der Waals surface area contributed by atoms with E-state index in [-0.39, 0.29) is 30.0 Å². The van der Waals surface area contributed by atoms with Gasteiger partial charge >= 0.3 is 0 Å². The van der Waals surface area contributed by atoms with Crippen LogP contribution in [0.25, 0.3) is 0 Å². The molecule has 2 aromatic rings. The van der Waals surface area contributed by atoms with Crippen molar-refractivity contribution in [2.75, 3.05) is 40.8 Å². The van der Waals surface area contributed by atoms with Gasteiger partial charge in [-0.1, -0.05) is 24.6 Å². The molecule has 8 nitrogen and oxygen atoms in total. The number of guanidine groups is 1. The fourth-order valence-corrected chi connectivity index (χ4v) is 4.93. The average Bonchev–Trinajstić information content (AvgIpc) is 3.31. The molecule has 0 saturated carbocycles. The minimum absolute atomic E-state index is 0. The fourth-order valence-electron chi connectivity index (χ4n) is 3.81. The van der Waals surface area contributed by atoms with Crippen molar-refractivity contribution in [1.82, 2.24) is 19.8 Å². The summed E-state index contributed by atoms with van der Waals surface area (Å²) < 4.78 is 32.2. The first-order valence-corrected chi connectivity index (χ1v) is 12.1. The summed E-state index contributed by atoms with van der Waals surface area (Å²) in [6.07, 6.45) is 5.37. The SMILES string of the molecule is CN=C(NCc1ccccc1S(=O)(=O)N(C)C)NCC(c1ccco1)N1CCCCC1.I. The summed E-state index contributed by atoms with van der Waals surface area (Å²) in [5, 5.41) is 6.63. The van der Waals surface area contributed by atoms with Gasteiger partial charge in [0.15, 0.2) is 5.96 Å². The summed E-state index contributed by atoms with van der Waals surface area (Å²) in [5.41, 5.74) is 0.692. The molecule has 0 radical (unpaired) electrons. The number of hydrogen-bond acceptors (Lipinski definition) is 5. The van der Waals surface area contributed by atoms with Crippen LogP contribution in [0.4, 0.5) is 0 Å². The number of nitrogens with zero attached hydrogens (tertiary/aromatic N) is 3. The van der Waals surface area contributed by atoms with E-state index >= 15 is 0 Å². The lowest BCUT2D eigenvalue weighted by Crippen LogP contribution is -2.44. The van der Waals surface area contributed by atoms with Crippen molar-refractivity contribution in [3.8, 4) is 0 Å². The van der Waals surface area contributed by atoms with Gasteiger partial charge in [-0.25, -0.2) is 12.7 Å². The zero-order valence-corrected chi connectivity index (χ0v) is 22.1. The maximum Gasteiger partial charge on any atom is 0.242 e. The van der Waals surface area contributed by atoms with Gasteiger partial charge in [-0.05, 0) is 49.7 Å². The van der Waals surface area contributed by atoms with E-state index in [1.165, 1.54) is 37.7 Å². The van der Waals surface area contributed by atoms with Crippen molar-refractivity contribution >= 4 is 40.0 Å². The minimum atomic E-state index is -3.52. The van der Waals surface area contributed by atoms with Gasteiger partial charge in [0.1, 0.15) is 5.76 Å². The van der Waals surface area contributed by atoms with Gasteiger partial charge in [-0.15, -0.1) is 24.0 Å². The molecule has 1 aromatic carbocycles. The summed E-state index contributed by atoms with van der Waals surface area (Å²) in [6, 6.07) is 11.1. The van der Waals surface area contributed by atoms with E-state index in [1.807, 2.05) is 24.3 Å². The first kappa shape index (κ1) is 26.6. The largest absolute Gasteiger partial charge is 0.468 e. The Morgan fingerprint density at radius 2 is 1.84 bits per heavy atom. The maximum absolute atomic E-state index is 12.6. The van der Waals surface area contributed by atoms with Crippen molar-refractivity contribution in [3.05, 3.63) is 54.0 Å². The van der Waals surface area contributed by atoms with Gasteiger partial charge < -0.3 is 15.1 Å². The molecule has 0 aliphatic carbocycles. The van der Waals surface area contributed by atoms with E-state index in [9.17, 15) is 8.42 Å². The highest BCUT2D eigenvalue weighted by Crippen LogP contribution is 2.24. The zero-order chi connectivity index (χ0) is 22.3. The Kier molecular flexibility index (Phi) is 10.5. The number of aliphatic imine (C=N–C) groups is 1. The first-order valence-electron chi connectivity index (χ1n) is 10.7. The molecular formula is C22H34IN5O3S. The predicted molar refractivity (Wildman–Crippen MR) is 138 cm³/mol. The first-order chi connectivity index (χ1) is 14.9. The Hall–Kier alpha value is -1.63. The second-order valence-corrected chi connectivity index (χ2v) is 9.95. The molecule has 1 atom stereocenters. The van der Waals surface area contributed by atoms with Gasteiger partial charge in [-0.2, -0.15) is 0 Å². The summed E-state index contributed by atoms with van der Waals surface area (Å²) in [7, 11) is 1.27. The number of halogens is 1. The molecular weight excluding hydrogens is 541 g/mol. The van der Waals surface area contributed by atoms with Crippen molar-refractivity contribution in [2.45, 2.75) is 36.7 Å². The molecule has 1 aromatic heterocycles. The highest BCUT2D eigenvalue weighted by molar-refractivity contribution is 14.0. The Bertz CT molecular complexity index is 958. The lowest BCUT2D eigenvalue weighted by molar-refractivity contribution is 0.146. The second kappa shape index (κ2) is 12.6. The lowest BCUT2D eigenvalue weighted by atomic mass is 10.1. The zero-order valence-electron chi connectivity index (χ0n) is 19.0. The maximum atomic E-state index is 12.6. The predicted octanol–water partition coefficient (Wildman–Crippen LogP) is 3.04. The van der Waals surface area contributed by atoms with Gasteiger partial charge in [0.25, 0.3) is 0 Å². The molecule has 2 N–H and O–H groups in total. The van der Waals surface area contributed by atoms with Crippen molar-refractivity contribution < 1.29 is 12.8 Å². The third kappa shape index (κ3) is 6.69. The molecule has 2 heterocycles. The van der Waals surface area contributed by atoms with E-state index in [1.54, 1.807) is 25.4 Å². The molecule has 178 valence electrons. The molecule has 1 unspecified atom stereocenters. The summed E-state index contributed by atoms with van der Waals surface area (Å²) in [6.45, 7) is 3.09. The molecule has 0 bridgehead atoms. The topological polar surface area (TPSA) is 90.2 Å². The molecule has 3 rings (SSSR count). The monoisotopic (exact) mass is 575 g/mol. The quantitative estimate of drug-likeness (QED) is 0.286. The van der Waals surface area contributed by atoms with Crippen LogP contribution in [0.5, 0.6) is 0 Å². The molecule has 1 aliphatic rings. The normalized spacial score (nSPS) is 16.4. The van der Waals surface area contributed by atoms with Crippen LogP contribution in [0.1, 0.15) is 36.6 Å². The van der Waals surface area contributed by atoms with Crippen LogP contribution in [0, 0.1) is 0 Å².